The van der Waals surface area contributed by atoms with E-state index in [2.05, 4.69) is 10.2 Å². The Labute approximate surface area is 174 Å². The molecule has 7 heteroatoms. The topological polar surface area (TPSA) is 81.0 Å². The van der Waals surface area contributed by atoms with Crippen LogP contribution in [0.3, 0.4) is 0 Å². The molecule has 3 aromatic rings. The van der Waals surface area contributed by atoms with Crippen LogP contribution in [0.25, 0.3) is 11.0 Å². The molecular weight excluding hydrogens is 384 g/mol. The second-order valence-corrected chi connectivity index (χ2v) is 7.12. The zero-order valence-electron chi connectivity index (χ0n) is 16.6. The van der Waals surface area contributed by atoms with E-state index in [0.29, 0.717) is 17.6 Å². The van der Waals surface area contributed by atoms with Gasteiger partial charge in [0.15, 0.2) is 0 Å². The van der Waals surface area contributed by atoms with Crippen molar-refractivity contribution in [2.75, 3.05) is 39.5 Å². The summed E-state index contributed by atoms with van der Waals surface area (Å²) in [5.41, 5.74) is 0.691. The van der Waals surface area contributed by atoms with Gasteiger partial charge in [0.1, 0.15) is 23.5 Å². The van der Waals surface area contributed by atoms with Crippen molar-refractivity contribution < 1.29 is 18.7 Å². The number of nitrogens with one attached hydrogen (secondary N) is 1. The summed E-state index contributed by atoms with van der Waals surface area (Å²) in [4.78, 5) is 26.9. The van der Waals surface area contributed by atoms with Crippen LogP contribution in [-0.4, -0.2) is 50.3 Å². The number of fused-ring (bicyclic) bond motifs is 1. The number of hydrogen-bond donors (Lipinski definition) is 1. The number of amides is 1. The molecule has 1 amide bonds. The average molecular weight is 408 g/mol. The van der Waals surface area contributed by atoms with E-state index < -0.39 is 11.5 Å². The lowest BCUT2D eigenvalue weighted by Crippen LogP contribution is -2.38. The first kappa shape index (κ1) is 20.1. The van der Waals surface area contributed by atoms with Crippen molar-refractivity contribution in [3.63, 3.8) is 0 Å². The minimum atomic E-state index is -0.647. The Bertz CT molecular complexity index is 1070. The molecule has 2 aromatic carbocycles. The van der Waals surface area contributed by atoms with Crippen molar-refractivity contribution in [2.45, 2.75) is 6.54 Å². The lowest BCUT2D eigenvalue weighted by Gasteiger charge is -2.26. The minimum absolute atomic E-state index is 0.00776. The van der Waals surface area contributed by atoms with Crippen molar-refractivity contribution in [2.24, 2.45) is 0 Å². The minimum Gasteiger partial charge on any atom is -0.492 e. The van der Waals surface area contributed by atoms with Gasteiger partial charge in [0.05, 0.1) is 13.2 Å². The van der Waals surface area contributed by atoms with E-state index in [-0.39, 0.29) is 12.1 Å². The van der Waals surface area contributed by atoms with Crippen LogP contribution in [0.1, 0.15) is 15.9 Å². The number of para-hydroxylation sites is 1. The Morgan fingerprint density at radius 1 is 1.07 bits per heavy atom. The SMILES string of the molecule is O=C(NCc1cccc(OCCN2CCOCC2)c1)c1cc2ccccc2oc1=O. The van der Waals surface area contributed by atoms with Crippen LogP contribution < -0.4 is 15.7 Å². The quantitative estimate of drug-likeness (QED) is 0.605. The van der Waals surface area contributed by atoms with Crippen LogP contribution in [0.5, 0.6) is 5.75 Å². The van der Waals surface area contributed by atoms with Gasteiger partial charge in [-0.2, -0.15) is 0 Å². The lowest BCUT2D eigenvalue weighted by atomic mass is 10.1. The Kier molecular flexibility index (Phi) is 6.41. The van der Waals surface area contributed by atoms with Crippen molar-refractivity contribution in [1.82, 2.24) is 10.2 Å². The maximum absolute atomic E-state index is 12.5. The summed E-state index contributed by atoms with van der Waals surface area (Å²) < 4.78 is 16.4. The molecule has 1 fully saturated rings. The number of nitrogens with zero attached hydrogens (tertiary/aromatic N) is 1. The number of carbonyl (C=O) groups excluding carboxylic acids is 1. The summed E-state index contributed by atoms with van der Waals surface area (Å²) in [6.07, 6.45) is 0. The predicted molar refractivity (Wildman–Crippen MR) is 113 cm³/mol. The third-order valence-corrected chi connectivity index (χ3v) is 5.02. The molecule has 0 aliphatic carbocycles. The molecule has 0 unspecified atom stereocenters. The highest BCUT2D eigenvalue weighted by molar-refractivity contribution is 5.96. The molecule has 0 radical (unpaired) electrons. The Morgan fingerprint density at radius 2 is 1.90 bits per heavy atom. The van der Waals surface area contributed by atoms with Crippen molar-refractivity contribution in [3.8, 4) is 5.75 Å². The van der Waals surface area contributed by atoms with Gasteiger partial charge in [-0.15, -0.1) is 0 Å². The van der Waals surface area contributed by atoms with E-state index in [9.17, 15) is 9.59 Å². The van der Waals surface area contributed by atoms with Gasteiger partial charge in [-0.1, -0.05) is 30.3 Å². The summed E-state index contributed by atoms with van der Waals surface area (Å²) in [5, 5.41) is 3.49. The smallest absolute Gasteiger partial charge is 0.349 e. The number of rotatable bonds is 7. The standard InChI is InChI=1S/C23H24N2O5/c26-22(20-15-18-5-1-2-7-21(18)30-23(20)27)24-16-17-4-3-6-19(14-17)29-13-10-25-8-11-28-12-9-25/h1-7,14-15H,8-13,16H2,(H,24,26). The third-order valence-electron chi connectivity index (χ3n) is 5.02. The van der Waals surface area contributed by atoms with E-state index in [4.69, 9.17) is 13.9 Å². The molecule has 1 saturated heterocycles. The molecule has 1 aliphatic heterocycles. The number of benzene rings is 2. The number of carbonyl (C=O) groups is 1. The normalized spacial score (nSPS) is 14.5. The van der Waals surface area contributed by atoms with E-state index >= 15 is 0 Å². The molecule has 7 nitrogen and oxygen atoms in total. The van der Waals surface area contributed by atoms with Gasteiger partial charge < -0.3 is 19.2 Å². The Morgan fingerprint density at radius 3 is 2.77 bits per heavy atom. The van der Waals surface area contributed by atoms with Gasteiger partial charge in [0.25, 0.3) is 5.91 Å². The summed E-state index contributed by atoms with van der Waals surface area (Å²) in [6.45, 7) is 5.12. The molecule has 1 aromatic heterocycles. The molecular formula is C23H24N2O5. The highest BCUT2D eigenvalue weighted by Gasteiger charge is 2.14. The number of hydrogen-bond acceptors (Lipinski definition) is 6. The first-order valence-corrected chi connectivity index (χ1v) is 10.0. The van der Waals surface area contributed by atoms with Crippen LogP contribution in [0.15, 0.2) is 63.8 Å². The molecule has 1 aliphatic rings. The van der Waals surface area contributed by atoms with Gasteiger partial charge in [-0.25, -0.2) is 4.79 Å². The second kappa shape index (κ2) is 9.56. The molecule has 2 heterocycles. The van der Waals surface area contributed by atoms with Gasteiger partial charge in [0.2, 0.25) is 0 Å². The largest absolute Gasteiger partial charge is 0.492 e. The zero-order chi connectivity index (χ0) is 20.8. The first-order valence-electron chi connectivity index (χ1n) is 10.0. The van der Waals surface area contributed by atoms with Crippen LogP contribution in [0, 0.1) is 0 Å². The number of ether oxygens (including phenoxy) is 2. The monoisotopic (exact) mass is 408 g/mol. The van der Waals surface area contributed by atoms with Crippen molar-refractivity contribution in [3.05, 3.63) is 76.1 Å². The molecule has 156 valence electrons. The average Bonchev–Trinajstić information content (AvgIpc) is 2.78. The van der Waals surface area contributed by atoms with Gasteiger partial charge in [-0.3, -0.25) is 9.69 Å². The highest BCUT2D eigenvalue weighted by Crippen LogP contribution is 2.15. The Balaban J connectivity index is 1.33. The number of morpholine rings is 1. The van der Waals surface area contributed by atoms with E-state index in [0.717, 1.165) is 44.2 Å². The molecule has 0 bridgehead atoms. The van der Waals surface area contributed by atoms with E-state index in [1.165, 1.54) is 0 Å². The van der Waals surface area contributed by atoms with Crippen molar-refractivity contribution in [1.29, 1.82) is 0 Å². The van der Waals surface area contributed by atoms with Crippen LogP contribution in [0.4, 0.5) is 0 Å². The maximum Gasteiger partial charge on any atom is 0.349 e. The van der Waals surface area contributed by atoms with Crippen molar-refractivity contribution >= 4 is 16.9 Å². The molecule has 0 saturated carbocycles. The van der Waals surface area contributed by atoms with Gasteiger partial charge in [-0.05, 0) is 29.8 Å². The molecule has 4 rings (SSSR count). The van der Waals surface area contributed by atoms with Crippen LogP contribution >= 0.6 is 0 Å². The fourth-order valence-electron chi connectivity index (χ4n) is 3.36. The van der Waals surface area contributed by atoms with Gasteiger partial charge in [0, 0.05) is 31.6 Å². The maximum atomic E-state index is 12.5. The molecule has 0 atom stereocenters. The summed E-state index contributed by atoms with van der Waals surface area (Å²) in [7, 11) is 0. The van der Waals surface area contributed by atoms with Crippen LogP contribution in [-0.2, 0) is 11.3 Å². The predicted octanol–water partition coefficient (Wildman–Crippen LogP) is 2.43. The third kappa shape index (κ3) is 5.06. The molecule has 1 N–H and O–H groups in total. The highest BCUT2D eigenvalue weighted by atomic mass is 16.5. The Hall–Kier alpha value is -3.16. The first-order chi connectivity index (χ1) is 14.7. The fraction of sp³-hybridized carbons (Fsp3) is 0.304. The summed E-state index contributed by atoms with van der Waals surface area (Å²) in [5.74, 6) is 0.286. The molecule has 0 spiro atoms. The van der Waals surface area contributed by atoms with Crippen LogP contribution in [0.2, 0.25) is 0 Å². The summed E-state index contributed by atoms with van der Waals surface area (Å²) in [6, 6.07) is 16.2. The fourth-order valence-corrected chi connectivity index (χ4v) is 3.36. The van der Waals surface area contributed by atoms with Gasteiger partial charge >= 0.3 is 5.63 Å². The second-order valence-electron chi connectivity index (χ2n) is 7.12. The lowest BCUT2D eigenvalue weighted by molar-refractivity contribution is 0.0322. The summed E-state index contributed by atoms with van der Waals surface area (Å²) >= 11 is 0. The molecule has 30 heavy (non-hydrogen) atoms. The van der Waals surface area contributed by atoms with E-state index in [1.54, 1.807) is 24.3 Å². The van der Waals surface area contributed by atoms with E-state index in [1.807, 2.05) is 30.3 Å². The zero-order valence-corrected chi connectivity index (χ0v) is 16.6.